The highest BCUT2D eigenvalue weighted by Gasteiger charge is 2.25. The van der Waals surface area contributed by atoms with E-state index in [9.17, 15) is 10.1 Å². The fourth-order valence-electron chi connectivity index (χ4n) is 2.59. The van der Waals surface area contributed by atoms with E-state index in [0.29, 0.717) is 0 Å². The number of carbonyl (C=O) groups is 1. The fourth-order valence-corrected chi connectivity index (χ4v) is 3.82. The Morgan fingerprint density at radius 2 is 2.05 bits per heavy atom. The average molecular weight is 282 g/mol. The predicted molar refractivity (Wildman–Crippen MR) is 77.9 cm³/mol. The molecular formula is C16H14N2OS. The van der Waals surface area contributed by atoms with Gasteiger partial charge in [0.1, 0.15) is 5.92 Å². The Balaban J connectivity index is 1.91. The second-order valence-electron chi connectivity index (χ2n) is 4.97. The van der Waals surface area contributed by atoms with E-state index < -0.39 is 5.92 Å². The molecule has 0 saturated heterocycles. The van der Waals surface area contributed by atoms with Crippen molar-refractivity contribution < 1.29 is 4.79 Å². The number of aromatic nitrogens is 1. The Morgan fingerprint density at radius 3 is 2.75 bits per heavy atom. The topological polar surface area (TPSA) is 53.8 Å². The fraction of sp³-hybridized carbons (Fsp3) is 0.312. The van der Waals surface area contributed by atoms with Crippen LogP contribution in [0.25, 0.3) is 0 Å². The number of fused-ring (bicyclic) bond motifs is 1. The number of hydrogen-bond donors (Lipinski definition) is 0. The summed E-state index contributed by atoms with van der Waals surface area (Å²) in [6, 6.07) is 7.59. The van der Waals surface area contributed by atoms with Crippen molar-refractivity contribution in [3.8, 4) is 6.07 Å². The number of rotatable bonds is 3. The molecule has 0 amide bonds. The van der Waals surface area contributed by atoms with Crippen LogP contribution in [-0.2, 0) is 12.8 Å². The van der Waals surface area contributed by atoms with Gasteiger partial charge in [-0.15, -0.1) is 11.3 Å². The van der Waals surface area contributed by atoms with Gasteiger partial charge in [-0.1, -0.05) is 0 Å². The van der Waals surface area contributed by atoms with Gasteiger partial charge in [-0.2, -0.15) is 5.26 Å². The molecule has 20 heavy (non-hydrogen) atoms. The second kappa shape index (κ2) is 5.56. The van der Waals surface area contributed by atoms with Crippen LogP contribution >= 0.6 is 11.3 Å². The van der Waals surface area contributed by atoms with Gasteiger partial charge >= 0.3 is 0 Å². The van der Waals surface area contributed by atoms with Gasteiger partial charge in [0.05, 0.1) is 10.9 Å². The summed E-state index contributed by atoms with van der Waals surface area (Å²) in [5.74, 6) is -0.809. The van der Waals surface area contributed by atoms with E-state index in [1.54, 1.807) is 35.9 Å². The Morgan fingerprint density at radius 1 is 1.30 bits per heavy atom. The molecule has 0 aliphatic heterocycles. The molecule has 1 atom stereocenters. The van der Waals surface area contributed by atoms with Crippen molar-refractivity contribution in [2.45, 2.75) is 31.6 Å². The van der Waals surface area contributed by atoms with Gasteiger partial charge in [0.2, 0.25) is 0 Å². The van der Waals surface area contributed by atoms with E-state index >= 15 is 0 Å². The van der Waals surface area contributed by atoms with Crippen LogP contribution in [0.3, 0.4) is 0 Å². The highest BCUT2D eigenvalue weighted by atomic mass is 32.1. The first-order valence-electron chi connectivity index (χ1n) is 6.75. The van der Waals surface area contributed by atoms with Crippen LogP contribution in [-0.4, -0.2) is 10.8 Å². The summed E-state index contributed by atoms with van der Waals surface area (Å²) in [5.41, 5.74) is 2.02. The Hall–Kier alpha value is -1.99. The lowest BCUT2D eigenvalue weighted by Gasteiger charge is -2.08. The van der Waals surface area contributed by atoms with Crippen LogP contribution in [0.5, 0.6) is 0 Å². The number of pyridine rings is 1. The molecule has 1 aliphatic rings. The number of carbonyl (C=O) groups excluding carboxylic acids is 1. The summed E-state index contributed by atoms with van der Waals surface area (Å²) in [5, 5.41) is 9.33. The maximum absolute atomic E-state index is 12.6. The molecule has 0 aromatic carbocycles. The summed E-state index contributed by atoms with van der Waals surface area (Å²) in [7, 11) is 0. The summed E-state index contributed by atoms with van der Waals surface area (Å²) >= 11 is 1.57. The summed E-state index contributed by atoms with van der Waals surface area (Å²) in [6.07, 6.45) is 7.76. The standard InChI is InChI=1S/C16H14N2OS/c17-10-13(11-5-7-18-8-6-11)16(19)15-9-12-3-1-2-4-14(12)20-15/h5-9,13H,1-4H2. The van der Waals surface area contributed by atoms with Crippen molar-refractivity contribution in [2.75, 3.05) is 0 Å². The van der Waals surface area contributed by atoms with Crippen molar-refractivity contribution >= 4 is 17.1 Å². The summed E-state index contributed by atoms with van der Waals surface area (Å²) < 4.78 is 0. The minimum absolute atomic E-state index is 0.0851. The van der Waals surface area contributed by atoms with Gasteiger partial charge in [-0.3, -0.25) is 9.78 Å². The number of nitriles is 1. The maximum atomic E-state index is 12.6. The van der Waals surface area contributed by atoms with E-state index in [4.69, 9.17) is 0 Å². The average Bonchev–Trinajstić information content (AvgIpc) is 2.93. The Bertz CT molecular complexity index is 646. The molecule has 100 valence electrons. The van der Waals surface area contributed by atoms with Crippen molar-refractivity contribution in [3.05, 3.63) is 51.5 Å². The quantitative estimate of drug-likeness (QED) is 0.809. The van der Waals surface area contributed by atoms with Crippen LogP contribution in [0.4, 0.5) is 0 Å². The van der Waals surface area contributed by atoms with Crippen molar-refractivity contribution in [1.82, 2.24) is 4.98 Å². The molecule has 1 unspecified atom stereocenters. The molecule has 0 saturated carbocycles. The summed E-state index contributed by atoms with van der Waals surface area (Å²) in [4.78, 5) is 18.5. The molecule has 2 aromatic heterocycles. The predicted octanol–water partition coefficient (Wildman–Crippen LogP) is 3.51. The Labute approximate surface area is 121 Å². The van der Waals surface area contributed by atoms with E-state index in [2.05, 4.69) is 11.1 Å². The minimum atomic E-state index is -0.724. The zero-order valence-electron chi connectivity index (χ0n) is 11.0. The number of Topliss-reactive ketones (excluding diaryl/α,β-unsaturated/α-hetero) is 1. The lowest BCUT2D eigenvalue weighted by molar-refractivity contribution is 0.0982. The van der Waals surface area contributed by atoms with Gasteiger partial charge in [0.25, 0.3) is 0 Å². The maximum Gasteiger partial charge on any atom is 0.194 e. The smallest absolute Gasteiger partial charge is 0.194 e. The van der Waals surface area contributed by atoms with Crippen molar-refractivity contribution in [3.63, 3.8) is 0 Å². The van der Waals surface area contributed by atoms with Crippen LogP contribution in [0.1, 0.15) is 44.4 Å². The highest BCUT2D eigenvalue weighted by Crippen LogP contribution is 2.32. The molecule has 0 radical (unpaired) electrons. The zero-order chi connectivity index (χ0) is 13.9. The van der Waals surface area contributed by atoms with Gasteiger partial charge < -0.3 is 0 Å². The molecule has 0 N–H and O–H groups in total. The molecule has 4 heteroatoms. The third-order valence-corrected chi connectivity index (χ3v) is 4.92. The molecule has 3 nitrogen and oxygen atoms in total. The van der Waals surface area contributed by atoms with E-state index in [-0.39, 0.29) is 5.78 Å². The minimum Gasteiger partial charge on any atom is -0.291 e. The molecular weight excluding hydrogens is 268 g/mol. The second-order valence-corrected chi connectivity index (χ2v) is 6.11. The van der Waals surface area contributed by atoms with Crippen LogP contribution in [0, 0.1) is 11.3 Å². The lowest BCUT2D eigenvalue weighted by Crippen LogP contribution is -2.09. The highest BCUT2D eigenvalue weighted by molar-refractivity contribution is 7.14. The van der Waals surface area contributed by atoms with E-state index in [1.165, 1.54) is 23.3 Å². The van der Waals surface area contributed by atoms with Crippen LogP contribution in [0.2, 0.25) is 0 Å². The van der Waals surface area contributed by atoms with Gasteiger partial charge in [-0.25, -0.2) is 0 Å². The van der Waals surface area contributed by atoms with E-state index in [0.717, 1.165) is 23.3 Å². The lowest BCUT2D eigenvalue weighted by atomic mass is 9.94. The molecule has 0 fully saturated rings. The normalized spacial score (nSPS) is 15.2. The largest absolute Gasteiger partial charge is 0.291 e. The zero-order valence-corrected chi connectivity index (χ0v) is 11.8. The van der Waals surface area contributed by atoms with Crippen molar-refractivity contribution in [1.29, 1.82) is 5.26 Å². The molecule has 0 bridgehead atoms. The number of thiophene rings is 1. The van der Waals surface area contributed by atoms with Crippen LogP contribution < -0.4 is 0 Å². The van der Waals surface area contributed by atoms with Crippen LogP contribution in [0.15, 0.2) is 30.6 Å². The third kappa shape index (κ3) is 2.37. The molecule has 2 aromatic rings. The van der Waals surface area contributed by atoms with Gasteiger partial charge in [0.15, 0.2) is 5.78 Å². The molecule has 0 spiro atoms. The molecule has 2 heterocycles. The molecule has 1 aliphatic carbocycles. The number of aryl methyl sites for hydroxylation is 2. The number of hydrogen-bond acceptors (Lipinski definition) is 4. The Kier molecular flexibility index (Phi) is 3.62. The third-order valence-electron chi connectivity index (χ3n) is 3.67. The first-order chi connectivity index (χ1) is 9.79. The van der Waals surface area contributed by atoms with E-state index in [1.807, 2.05) is 6.07 Å². The monoisotopic (exact) mass is 282 g/mol. The first kappa shape index (κ1) is 13.0. The van der Waals surface area contributed by atoms with Gasteiger partial charge in [0, 0.05) is 17.3 Å². The summed E-state index contributed by atoms with van der Waals surface area (Å²) in [6.45, 7) is 0. The van der Waals surface area contributed by atoms with Gasteiger partial charge in [-0.05, 0) is 55.0 Å². The SMILES string of the molecule is N#CC(C(=O)c1cc2c(s1)CCCC2)c1ccncc1. The first-order valence-corrected chi connectivity index (χ1v) is 7.56. The molecule has 3 rings (SSSR count). The number of nitrogens with zero attached hydrogens (tertiary/aromatic N) is 2. The van der Waals surface area contributed by atoms with Crippen molar-refractivity contribution in [2.24, 2.45) is 0 Å². The number of ketones is 1.